The molecule has 0 heterocycles. The van der Waals surface area contributed by atoms with E-state index >= 15 is 0 Å². The highest BCUT2D eigenvalue weighted by atomic mass is 19.4. The van der Waals surface area contributed by atoms with E-state index in [-0.39, 0.29) is 23.4 Å². The highest BCUT2D eigenvalue weighted by Crippen LogP contribution is 2.36. The third kappa shape index (κ3) is 3.02. The van der Waals surface area contributed by atoms with Gasteiger partial charge in [0, 0.05) is 0 Å². The van der Waals surface area contributed by atoms with E-state index in [0.717, 1.165) is 12.1 Å². The minimum Gasteiger partial charge on any atom is -0.465 e. The van der Waals surface area contributed by atoms with Crippen molar-refractivity contribution in [3.8, 4) is 0 Å². The van der Waals surface area contributed by atoms with Crippen LogP contribution in [-0.4, -0.2) is 11.2 Å². The van der Waals surface area contributed by atoms with Crippen molar-refractivity contribution in [1.29, 1.82) is 0 Å². The molecule has 0 aromatic heterocycles. The summed E-state index contributed by atoms with van der Waals surface area (Å²) in [5, 5.41) is 10.4. The standard InChI is InChI=1S/C10H11F3N2O2/c1-2-5-3-8(15-9(16)17)7(14)4-6(5)10(11,12)13/h3-4,15H,2,14H2,1H3,(H,16,17). The molecule has 1 aromatic carbocycles. The molecule has 0 aliphatic carbocycles. The summed E-state index contributed by atoms with van der Waals surface area (Å²) in [6.07, 6.45) is -5.75. The van der Waals surface area contributed by atoms with Crippen LogP contribution in [0.4, 0.5) is 29.3 Å². The number of rotatable bonds is 2. The molecular weight excluding hydrogens is 237 g/mol. The fourth-order valence-electron chi connectivity index (χ4n) is 1.44. The highest BCUT2D eigenvalue weighted by Gasteiger charge is 2.33. The van der Waals surface area contributed by atoms with Gasteiger partial charge in [-0.1, -0.05) is 6.92 Å². The monoisotopic (exact) mass is 248 g/mol. The fraction of sp³-hybridized carbons (Fsp3) is 0.300. The maximum absolute atomic E-state index is 12.6. The summed E-state index contributed by atoms with van der Waals surface area (Å²) in [5.41, 5.74) is 4.23. The number of hydrogen-bond donors (Lipinski definition) is 3. The zero-order valence-electron chi connectivity index (χ0n) is 8.93. The largest absolute Gasteiger partial charge is 0.465 e. The highest BCUT2D eigenvalue weighted by molar-refractivity contribution is 5.88. The molecule has 0 saturated carbocycles. The molecule has 0 aliphatic rings. The summed E-state index contributed by atoms with van der Waals surface area (Å²) < 4.78 is 37.9. The summed E-state index contributed by atoms with van der Waals surface area (Å²) >= 11 is 0. The molecule has 0 unspecified atom stereocenters. The molecule has 0 spiro atoms. The average Bonchev–Trinajstić information content (AvgIpc) is 2.18. The minimum atomic E-state index is -4.50. The molecule has 1 rings (SSSR count). The van der Waals surface area contributed by atoms with Gasteiger partial charge in [0.2, 0.25) is 0 Å². The van der Waals surface area contributed by atoms with Gasteiger partial charge in [0.25, 0.3) is 0 Å². The number of aryl methyl sites for hydroxylation is 1. The minimum absolute atomic E-state index is 0.00421. The molecule has 0 aliphatic heterocycles. The lowest BCUT2D eigenvalue weighted by atomic mass is 10.0. The Balaban J connectivity index is 3.29. The number of nitrogens with two attached hydrogens (primary N) is 1. The molecule has 1 aromatic rings. The van der Waals surface area contributed by atoms with Crippen molar-refractivity contribution in [2.75, 3.05) is 11.1 Å². The van der Waals surface area contributed by atoms with Crippen LogP contribution in [0.1, 0.15) is 18.1 Å². The van der Waals surface area contributed by atoms with Crippen LogP contribution in [0.15, 0.2) is 12.1 Å². The predicted octanol–water partition coefficient (Wildman–Crippen LogP) is 2.94. The molecule has 4 nitrogen and oxygen atoms in total. The number of amides is 1. The number of hydrogen-bond acceptors (Lipinski definition) is 2. The van der Waals surface area contributed by atoms with E-state index in [4.69, 9.17) is 10.8 Å². The first-order valence-electron chi connectivity index (χ1n) is 4.75. The van der Waals surface area contributed by atoms with Crippen LogP contribution in [-0.2, 0) is 12.6 Å². The Morgan fingerprint density at radius 3 is 2.47 bits per heavy atom. The van der Waals surface area contributed by atoms with E-state index in [1.807, 2.05) is 5.32 Å². The van der Waals surface area contributed by atoms with E-state index in [2.05, 4.69) is 0 Å². The zero-order chi connectivity index (χ0) is 13.2. The Kier molecular flexibility index (Phi) is 3.50. The van der Waals surface area contributed by atoms with Crippen molar-refractivity contribution in [3.63, 3.8) is 0 Å². The Bertz CT molecular complexity index is 444. The number of carbonyl (C=O) groups is 1. The Morgan fingerprint density at radius 1 is 1.47 bits per heavy atom. The van der Waals surface area contributed by atoms with Gasteiger partial charge in [0.15, 0.2) is 0 Å². The van der Waals surface area contributed by atoms with Crippen molar-refractivity contribution in [2.24, 2.45) is 0 Å². The number of benzene rings is 1. The van der Waals surface area contributed by atoms with Crippen LogP contribution in [0.25, 0.3) is 0 Å². The van der Waals surface area contributed by atoms with Gasteiger partial charge in [-0.2, -0.15) is 13.2 Å². The lowest BCUT2D eigenvalue weighted by Crippen LogP contribution is -2.14. The van der Waals surface area contributed by atoms with E-state index < -0.39 is 17.8 Å². The molecule has 0 radical (unpaired) electrons. The first-order chi connectivity index (χ1) is 7.75. The molecule has 17 heavy (non-hydrogen) atoms. The number of nitrogens with one attached hydrogen (secondary N) is 1. The van der Waals surface area contributed by atoms with Crippen LogP contribution in [0, 0.1) is 0 Å². The van der Waals surface area contributed by atoms with Gasteiger partial charge in [-0.15, -0.1) is 0 Å². The second-order valence-corrected chi connectivity index (χ2v) is 3.38. The summed E-state index contributed by atoms with van der Waals surface area (Å²) in [7, 11) is 0. The second kappa shape index (κ2) is 4.52. The van der Waals surface area contributed by atoms with Crippen LogP contribution in [0.5, 0.6) is 0 Å². The van der Waals surface area contributed by atoms with E-state index in [9.17, 15) is 18.0 Å². The van der Waals surface area contributed by atoms with Gasteiger partial charge in [-0.25, -0.2) is 4.79 Å². The number of alkyl halides is 3. The van der Waals surface area contributed by atoms with Gasteiger partial charge in [0.1, 0.15) is 0 Å². The quantitative estimate of drug-likeness (QED) is 0.704. The molecule has 94 valence electrons. The van der Waals surface area contributed by atoms with Crippen molar-refractivity contribution in [2.45, 2.75) is 19.5 Å². The summed E-state index contributed by atoms with van der Waals surface area (Å²) in [6.45, 7) is 1.55. The molecule has 0 bridgehead atoms. The average molecular weight is 248 g/mol. The third-order valence-corrected chi connectivity index (χ3v) is 2.20. The molecule has 1 amide bonds. The fourth-order valence-corrected chi connectivity index (χ4v) is 1.44. The van der Waals surface area contributed by atoms with Crippen LogP contribution in [0.2, 0.25) is 0 Å². The van der Waals surface area contributed by atoms with E-state index in [1.165, 1.54) is 0 Å². The van der Waals surface area contributed by atoms with Gasteiger partial charge in [0.05, 0.1) is 16.9 Å². The first kappa shape index (κ1) is 13.1. The maximum atomic E-state index is 12.6. The smallest absolute Gasteiger partial charge is 0.416 e. The molecule has 0 saturated heterocycles. The number of carboxylic acid groups (broad SMARTS) is 1. The summed E-state index contributed by atoms with van der Waals surface area (Å²) in [6, 6.07) is 1.84. The molecule has 4 N–H and O–H groups in total. The lowest BCUT2D eigenvalue weighted by Gasteiger charge is -2.15. The molecule has 0 fully saturated rings. The van der Waals surface area contributed by atoms with E-state index in [1.54, 1.807) is 6.92 Å². The second-order valence-electron chi connectivity index (χ2n) is 3.38. The molecular formula is C10H11F3N2O2. The number of anilines is 2. The Hall–Kier alpha value is -1.92. The van der Waals surface area contributed by atoms with Crippen molar-refractivity contribution in [3.05, 3.63) is 23.3 Å². The molecule has 0 atom stereocenters. The summed E-state index contributed by atoms with van der Waals surface area (Å²) in [4.78, 5) is 10.4. The van der Waals surface area contributed by atoms with Crippen LogP contribution >= 0.6 is 0 Å². The van der Waals surface area contributed by atoms with Gasteiger partial charge < -0.3 is 10.8 Å². The van der Waals surface area contributed by atoms with Crippen LogP contribution < -0.4 is 11.1 Å². The van der Waals surface area contributed by atoms with Crippen molar-refractivity contribution >= 4 is 17.5 Å². The first-order valence-corrected chi connectivity index (χ1v) is 4.75. The predicted molar refractivity (Wildman–Crippen MR) is 56.9 cm³/mol. The molecule has 7 heteroatoms. The third-order valence-electron chi connectivity index (χ3n) is 2.20. The number of halogens is 3. The Morgan fingerprint density at radius 2 is 2.06 bits per heavy atom. The normalized spacial score (nSPS) is 11.3. The summed E-state index contributed by atoms with van der Waals surface area (Å²) in [5.74, 6) is 0. The van der Waals surface area contributed by atoms with Gasteiger partial charge >= 0.3 is 12.3 Å². The van der Waals surface area contributed by atoms with Gasteiger partial charge in [-0.3, -0.25) is 5.32 Å². The number of nitrogen functional groups attached to an aromatic ring is 1. The van der Waals surface area contributed by atoms with Crippen molar-refractivity contribution < 1.29 is 23.1 Å². The lowest BCUT2D eigenvalue weighted by molar-refractivity contribution is -0.138. The maximum Gasteiger partial charge on any atom is 0.416 e. The van der Waals surface area contributed by atoms with E-state index in [0.29, 0.717) is 0 Å². The SMILES string of the molecule is CCc1cc(NC(=O)O)c(N)cc1C(F)(F)F. The Labute approximate surface area is 95.2 Å². The van der Waals surface area contributed by atoms with Crippen LogP contribution in [0.3, 0.4) is 0 Å². The van der Waals surface area contributed by atoms with Crippen molar-refractivity contribution in [1.82, 2.24) is 0 Å². The van der Waals surface area contributed by atoms with Gasteiger partial charge in [-0.05, 0) is 24.1 Å². The topological polar surface area (TPSA) is 75.3 Å². The zero-order valence-corrected chi connectivity index (χ0v) is 8.93.